The Morgan fingerprint density at radius 1 is 0.971 bits per heavy atom. The van der Waals surface area contributed by atoms with Crippen molar-refractivity contribution in [2.75, 3.05) is 35.7 Å². The summed E-state index contributed by atoms with van der Waals surface area (Å²) >= 11 is 0. The van der Waals surface area contributed by atoms with E-state index in [9.17, 15) is 14.0 Å². The minimum atomic E-state index is -0.448. The molecule has 8 heteroatoms. The minimum Gasteiger partial charge on any atom is -0.495 e. The molecule has 1 aliphatic rings. The highest BCUT2D eigenvalue weighted by Gasteiger charge is 2.20. The Bertz CT molecular complexity index is 1160. The molecule has 0 bridgehead atoms. The summed E-state index contributed by atoms with van der Waals surface area (Å²) in [6.07, 6.45) is 2.13. The highest BCUT2D eigenvalue weighted by molar-refractivity contribution is 6.04. The van der Waals surface area contributed by atoms with E-state index in [1.807, 2.05) is 12.1 Å². The van der Waals surface area contributed by atoms with Crippen molar-refractivity contribution < 1.29 is 18.7 Å². The number of nitrogens with one attached hydrogen (secondary N) is 3. The molecule has 1 fully saturated rings. The van der Waals surface area contributed by atoms with Gasteiger partial charge in [0, 0.05) is 31.0 Å². The lowest BCUT2D eigenvalue weighted by molar-refractivity contribution is 0.0951. The van der Waals surface area contributed by atoms with E-state index in [4.69, 9.17) is 4.74 Å². The molecule has 1 saturated heterocycles. The predicted octanol–water partition coefficient (Wildman–Crippen LogP) is 5.01. The lowest BCUT2D eigenvalue weighted by Crippen LogP contribution is -2.27. The van der Waals surface area contributed by atoms with Crippen molar-refractivity contribution in [3.8, 4) is 5.75 Å². The number of hydrogen-bond donors (Lipinski definition) is 3. The van der Waals surface area contributed by atoms with Gasteiger partial charge in [0.1, 0.15) is 11.6 Å². The highest BCUT2D eigenvalue weighted by atomic mass is 19.1. The van der Waals surface area contributed by atoms with Gasteiger partial charge in [-0.25, -0.2) is 9.18 Å². The molecule has 0 atom stereocenters. The van der Waals surface area contributed by atoms with Crippen LogP contribution in [-0.2, 0) is 6.54 Å². The third-order valence-electron chi connectivity index (χ3n) is 5.67. The van der Waals surface area contributed by atoms with Crippen LogP contribution in [0.2, 0.25) is 0 Å². The average molecular weight is 463 g/mol. The largest absolute Gasteiger partial charge is 0.495 e. The molecule has 1 heterocycles. The number of urea groups is 1. The van der Waals surface area contributed by atoms with Gasteiger partial charge in [0.05, 0.1) is 18.4 Å². The number of rotatable bonds is 7. The zero-order chi connectivity index (χ0) is 23.9. The fourth-order valence-corrected chi connectivity index (χ4v) is 3.94. The number of methoxy groups -OCH3 is 1. The Morgan fingerprint density at radius 2 is 1.71 bits per heavy atom. The van der Waals surface area contributed by atoms with E-state index in [0.29, 0.717) is 22.7 Å². The average Bonchev–Trinajstić information content (AvgIpc) is 3.38. The molecule has 3 amide bonds. The number of carbonyl (C=O) groups is 2. The summed E-state index contributed by atoms with van der Waals surface area (Å²) in [4.78, 5) is 27.9. The molecule has 3 N–H and O–H groups in total. The van der Waals surface area contributed by atoms with Gasteiger partial charge in [0.15, 0.2) is 0 Å². The van der Waals surface area contributed by atoms with Crippen LogP contribution in [0.5, 0.6) is 5.75 Å². The van der Waals surface area contributed by atoms with Crippen LogP contribution < -0.4 is 25.6 Å². The van der Waals surface area contributed by atoms with Crippen molar-refractivity contribution in [1.82, 2.24) is 5.32 Å². The summed E-state index contributed by atoms with van der Waals surface area (Å²) in [7, 11) is 1.53. The monoisotopic (exact) mass is 462 g/mol. The number of amides is 3. The molecule has 3 aromatic carbocycles. The van der Waals surface area contributed by atoms with E-state index >= 15 is 0 Å². The van der Waals surface area contributed by atoms with Gasteiger partial charge in [-0.3, -0.25) is 4.79 Å². The predicted molar refractivity (Wildman–Crippen MR) is 131 cm³/mol. The molecule has 0 unspecified atom stereocenters. The van der Waals surface area contributed by atoms with Crippen molar-refractivity contribution in [3.05, 3.63) is 83.7 Å². The molecule has 0 saturated carbocycles. The number of halogens is 1. The van der Waals surface area contributed by atoms with Crippen LogP contribution in [0, 0.1) is 5.82 Å². The molecule has 0 aliphatic carbocycles. The van der Waals surface area contributed by atoms with Crippen LogP contribution in [0.25, 0.3) is 0 Å². The van der Waals surface area contributed by atoms with E-state index in [0.717, 1.165) is 37.2 Å². The van der Waals surface area contributed by atoms with Crippen molar-refractivity contribution in [2.24, 2.45) is 0 Å². The molecular weight excluding hydrogens is 435 g/mol. The second-order valence-corrected chi connectivity index (χ2v) is 8.01. The molecular formula is C26H27FN4O3. The zero-order valence-electron chi connectivity index (χ0n) is 18.9. The first-order valence-corrected chi connectivity index (χ1v) is 11.2. The van der Waals surface area contributed by atoms with Crippen LogP contribution >= 0.6 is 0 Å². The first-order chi connectivity index (χ1) is 16.5. The molecule has 0 radical (unpaired) electrons. The molecule has 4 rings (SSSR count). The van der Waals surface area contributed by atoms with Gasteiger partial charge in [-0.2, -0.15) is 0 Å². The fourth-order valence-electron chi connectivity index (χ4n) is 3.94. The second-order valence-electron chi connectivity index (χ2n) is 8.01. The van der Waals surface area contributed by atoms with Crippen molar-refractivity contribution in [1.29, 1.82) is 0 Å². The number of para-hydroxylation sites is 2. The van der Waals surface area contributed by atoms with Crippen LogP contribution in [0.1, 0.15) is 28.8 Å². The van der Waals surface area contributed by atoms with Crippen LogP contribution in [-0.4, -0.2) is 32.1 Å². The van der Waals surface area contributed by atoms with Gasteiger partial charge in [0.25, 0.3) is 5.91 Å². The Balaban J connectivity index is 1.51. The third kappa shape index (κ3) is 5.64. The molecule has 0 spiro atoms. The first-order valence-electron chi connectivity index (χ1n) is 11.2. The second kappa shape index (κ2) is 10.7. The number of hydrogen-bond acceptors (Lipinski definition) is 4. The van der Waals surface area contributed by atoms with Crippen LogP contribution in [0.3, 0.4) is 0 Å². The molecule has 34 heavy (non-hydrogen) atoms. The van der Waals surface area contributed by atoms with Crippen LogP contribution in [0.15, 0.2) is 66.7 Å². The fraction of sp³-hybridized carbons (Fsp3) is 0.231. The van der Waals surface area contributed by atoms with Gasteiger partial charge >= 0.3 is 6.03 Å². The zero-order valence-corrected chi connectivity index (χ0v) is 18.9. The van der Waals surface area contributed by atoms with Crippen molar-refractivity contribution in [3.63, 3.8) is 0 Å². The van der Waals surface area contributed by atoms with Crippen molar-refractivity contribution >= 4 is 29.0 Å². The summed E-state index contributed by atoms with van der Waals surface area (Å²) in [6, 6.07) is 18.0. The Hall–Kier alpha value is -4.07. The maximum absolute atomic E-state index is 13.2. The van der Waals surface area contributed by atoms with E-state index in [1.54, 1.807) is 42.5 Å². The van der Waals surface area contributed by atoms with Gasteiger partial charge < -0.3 is 25.6 Å². The van der Waals surface area contributed by atoms with E-state index in [1.165, 1.54) is 19.2 Å². The smallest absolute Gasteiger partial charge is 0.323 e. The van der Waals surface area contributed by atoms with Gasteiger partial charge in [-0.15, -0.1) is 0 Å². The first kappa shape index (κ1) is 23.1. The molecule has 1 aliphatic heterocycles. The summed E-state index contributed by atoms with van der Waals surface area (Å²) in [5.74, 6) is -0.0422. The molecule has 7 nitrogen and oxygen atoms in total. The summed E-state index contributed by atoms with van der Waals surface area (Å²) < 4.78 is 18.4. The quantitative estimate of drug-likeness (QED) is 0.461. The highest BCUT2D eigenvalue weighted by Crippen LogP contribution is 2.28. The maximum Gasteiger partial charge on any atom is 0.323 e. The Labute approximate surface area is 197 Å². The lowest BCUT2D eigenvalue weighted by atomic mass is 10.1. The van der Waals surface area contributed by atoms with Crippen molar-refractivity contribution in [2.45, 2.75) is 19.4 Å². The topological polar surface area (TPSA) is 82.7 Å². The Kier molecular flexibility index (Phi) is 7.27. The van der Waals surface area contributed by atoms with Gasteiger partial charge in [-0.05, 0) is 60.9 Å². The standard InChI is InChI=1S/C26H27FN4O3/c1-34-24-7-3-2-6-22(24)30-26(33)29-20-12-13-23(31-14-4-5-15-31)21(16-20)25(32)28-17-18-8-10-19(27)11-9-18/h2-3,6-13,16H,4-5,14-15,17H2,1H3,(H,28,32)(H2,29,30,33). The Morgan fingerprint density at radius 3 is 2.44 bits per heavy atom. The molecule has 176 valence electrons. The SMILES string of the molecule is COc1ccccc1NC(=O)Nc1ccc(N2CCCC2)c(C(=O)NCc2ccc(F)cc2)c1. The number of benzene rings is 3. The lowest BCUT2D eigenvalue weighted by Gasteiger charge is -2.22. The maximum atomic E-state index is 13.2. The van der Waals surface area contributed by atoms with E-state index in [2.05, 4.69) is 20.9 Å². The number of carbonyl (C=O) groups excluding carboxylic acids is 2. The minimum absolute atomic E-state index is 0.264. The molecule has 3 aromatic rings. The van der Waals surface area contributed by atoms with E-state index in [-0.39, 0.29) is 18.3 Å². The normalized spacial score (nSPS) is 12.8. The third-order valence-corrected chi connectivity index (χ3v) is 5.67. The summed E-state index contributed by atoms with van der Waals surface area (Å²) in [5, 5.41) is 8.45. The van der Waals surface area contributed by atoms with Crippen LogP contribution in [0.4, 0.5) is 26.2 Å². The van der Waals surface area contributed by atoms with Gasteiger partial charge in [-0.1, -0.05) is 24.3 Å². The van der Waals surface area contributed by atoms with Gasteiger partial charge in [0.2, 0.25) is 0 Å². The number of anilines is 3. The van der Waals surface area contributed by atoms with E-state index < -0.39 is 6.03 Å². The number of ether oxygens (including phenoxy) is 1. The molecule has 0 aromatic heterocycles. The summed E-state index contributed by atoms with van der Waals surface area (Å²) in [5.41, 5.74) is 3.11. The number of nitrogens with zero attached hydrogens (tertiary/aromatic N) is 1. The summed E-state index contributed by atoms with van der Waals surface area (Å²) in [6.45, 7) is 2.02.